The molecular formula is C15H28N2O2. The molecule has 4 nitrogen and oxygen atoms in total. The fraction of sp³-hybridized carbons (Fsp3) is 0.933. The minimum atomic E-state index is -0.347. The molecule has 0 bridgehead atoms. The summed E-state index contributed by atoms with van der Waals surface area (Å²) in [5.41, 5.74) is 0. The van der Waals surface area contributed by atoms with E-state index in [0.29, 0.717) is 18.4 Å². The number of carbonyl (C=O) groups is 1. The van der Waals surface area contributed by atoms with Gasteiger partial charge in [-0.15, -0.1) is 0 Å². The van der Waals surface area contributed by atoms with Crippen LogP contribution in [0.1, 0.15) is 51.9 Å². The molecule has 2 saturated carbocycles. The molecule has 110 valence electrons. The summed E-state index contributed by atoms with van der Waals surface area (Å²) in [7, 11) is 1.77. The lowest BCUT2D eigenvalue weighted by Gasteiger charge is -2.30. The molecule has 2 fully saturated rings. The Labute approximate surface area is 116 Å². The van der Waals surface area contributed by atoms with Crippen LogP contribution in [0, 0.1) is 11.8 Å². The molecule has 0 aliphatic heterocycles. The molecule has 2 N–H and O–H groups in total. The van der Waals surface area contributed by atoms with E-state index in [4.69, 9.17) is 0 Å². The van der Waals surface area contributed by atoms with Gasteiger partial charge in [-0.1, -0.05) is 19.3 Å². The van der Waals surface area contributed by atoms with Crippen LogP contribution in [0.5, 0.6) is 0 Å². The number of aliphatic hydroxyl groups excluding tert-OH is 1. The minimum absolute atomic E-state index is 0.0437. The minimum Gasteiger partial charge on any atom is -0.391 e. The molecule has 0 heterocycles. The number of hydrogen-bond donors (Lipinski definition) is 2. The highest BCUT2D eigenvalue weighted by Gasteiger charge is 2.31. The second-order valence-electron chi connectivity index (χ2n) is 6.42. The Morgan fingerprint density at radius 2 is 1.84 bits per heavy atom. The van der Waals surface area contributed by atoms with Gasteiger partial charge in [0.05, 0.1) is 6.10 Å². The highest BCUT2D eigenvalue weighted by atomic mass is 16.3. The third-order valence-corrected chi connectivity index (χ3v) is 4.68. The molecule has 2 atom stereocenters. The number of rotatable bonds is 5. The number of aliphatic hydroxyl groups is 1. The standard InChI is InChI=1S/C15H28N2O2/c1-11(12-6-4-3-5-7-12)16-15(19)17(2)10-14(18)13-8-9-13/h11-14,18H,3-10H2,1-2H3,(H,16,19). The summed E-state index contributed by atoms with van der Waals surface area (Å²) in [5, 5.41) is 13.0. The summed E-state index contributed by atoms with van der Waals surface area (Å²) in [6.07, 6.45) is 8.25. The molecule has 2 unspecified atom stereocenters. The quantitative estimate of drug-likeness (QED) is 0.804. The Kier molecular flexibility index (Phi) is 5.08. The van der Waals surface area contributed by atoms with Crippen molar-refractivity contribution in [1.82, 2.24) is 10.2 Å². The third kappa shape index (κ3) is 4.37. The summed E-state index contributed by atoms with van der Waals surface area (Å²) >= 11 is 0. The van der Waals surface area contributed by atoms with Gasteiger partial charge >= 0.3 is 6.03 Å². The van der Waals surface area contributed by atoms with E-state index in [9.17, 15) is 9.90 Å². The molecule has 2 aliphatic carbocycles. The van der Waals surface area contributed by atoms with E-state index in [1.165, 1.54) is 32.1 Å². The fourth-order valence-electron chi connectivity index (χ4n) is 3.05. The Balaban J connectivity index is 1.72. The summed E-state index contributed by atoms with van der Waals surface area (Å²) in [6, 6.07) is 0.200. The maximum absolute atomic E-state index is 12.1. The van der Waals surface area contributed by atoms with Crippen LogP contribution in [-0.4, -0.2) is 41.8 Å². The van der Waals surface area contributed by atoms with Crippen molar-refractivity contribution in [3.8, 4) is 0 Å². The SMILES string of the molecule is CC(NC(=O)N(C)CC(O)C1CC1)C1CCCCC1. The monoisotopic (exact) mass is 268 g/mol. The predicted molar refractivity (Wildman–Crippen MR) is 75.9 cm³/mol. The number of carbonyl (C=O) groups excluding carboxylic acids is 1. The third-order valence-electron chi connectivity index (χ3n) is 4.68. The van der Waals surface area contributed by atoms with Gasteiger partial charge < -0.3 is 15.3 Å². The Morgan fingerprint density at radius 3 is 2.42 bits per heavy atom. The zero-order chi connectivity index (χ0) is 13.8. The summed E-state index contributed by atoms with van der Waals surface area (Å²) in [5.74, 6) is 1.05. The van der Waals surface area contributed by atoms with Crippen molar-refractivity contribution in [3.63, 3.8) is 0 Å². The van der Waals surface area contributed by atoms with Crippen LogP contribution in [0.15, 0.2) is 0 Å². The number of urea groups is 1. The maximum Gasteiger partial charge on any atom is 0.317 e. The van der Waals surface area contributed by atoms with Crippen molar-refractivity contribution >= 4 is 6.03 Å². The Bertz CT molecular complexity index is 299. The van der Waals surface area contributed by atoms with Crippen LogP contribution in [0.2, 0.25) is 0 Å². The zero-order valence-corrected chi connectivity index (χ0v) is 12.3. The predicted octanol–water partition coefficient (Wildman–Crippen LogP) is 2.37. The van der Waals surface area contributed by atoms with E-state index >= 15 is 0 Å². The van der Waals surface area contributed by atoms with Crippen LogP contribution in [0.3, 0.4) is 0 Å². The van der Waals surface area contributed by atoms with E-state index in [1.807, 2.05) is 0 Å². The van der Waals surface area contributed by atoms with Crippen LogP contribution in [-0.2, 0) is 0 Å². The molecule has 0 saturated heterocycles. The summed E-state index contributed by atoms with van der Waals surface area (Å²) < 4.78 is 0. The van der Waals surface area contributed by atoms with Gasteiger partial charge in [-0.05, 0) is 44.4 Å². The highest BCUT2D eigenvalue weighted by Crippen LogP contribution is 2.32. The number of amides is 2. The largest absolute Gasteiger partial charge is 0.391 e. The molecule has 4 heteroatoms. The van der Waals surface area contributed by atoms with Gasteiger partial charge in [-0.3, -0.25) is 0 Å². The van der Waals surface area contributed by atoms with Crippen LogP contribution in [0.4, 0.5) is 4.79 Å². The molecule has 2 amide bonds. The van der Waals surface area contributed by atoms with Crippen molar-refractivity contribution in [2.45, 2.75) is 64.0 Å². The first kappa shape index (κ1) is 14.6. The van der Waals surface area contributed by atoms with E-state index in [1.54, 1.807) is 11.9 Å². The number of likely N-dealkylation sites (N-methyl/N-ethyl adjacent to an activating group) is 1. The van der Waals surface area contributed by atoms with Crippen LogP contribution < -0.4 is 5.32 Å². The molecule has 0 radical (unpaired) electrons. The van der Waals surface area contributed by atoms with Crippen molar-refractivity contribution in [2.24, 2.45) is 11.8 Å². The van der Waals surface area contributed by atoms with E-state index < -0.39 is 0 Å². The van der Waals surface area contributed by atoms with Crippen molar-refractivity contribution in [2.75, 3.05) is 13.6 Å². The van der Waals surface area contributed by atoms with Crippen molar-refractivity contribution < 1.29 is 9.90 Å². The Hall–Kier alpha value is -0.770. The molecule has 0 aromatic heterocycles. The van der Waals surface area contributed by atoms with Crippen molar-refractivity contribution in [1.29, 1.82) is 0 Å². The van der Waals surface area contributed by atoms with Gasteiger partial charge in [0.15, 0.2) is 0 Å². The second kappa shape index (κ2) is 6.60. The maximum atomic E-state index is 12.1. The van der Waals surface area contributed by atoms with Crippen LogP contribution in [0.25, 0.3) is 0 Å². The first-order valence-corrected chi connectivity index (χ1v) is 7.77. The van der Waals surface area contributed by atoms with Gasteiger partial charge in [0.1, 0.15) is 0 Å². The second-order valence-corrected chi connectivity index (χ2v) is 6.42. The lowest BCUT2D eigenvalue weighted by molar-refractivity contribution is 0.111. The first-order chi connectivity index (χ1) is 9.08. The first-order valence-electron chi connectivity index (χ1n) is 7.77. The van der Waals surface area contributed by atoms with E-state index in [2.05, 4.69) is 12.2 Å². The topological polar surface area (TPSA) is 52.6 Å². The molecule has 0 aromatic rings. The lowest BCUT2D eigenvalue weighted by Crippen LogP contribution is -2.47. The van der Waals surface area contributed by atoms with Gasteiger partial charge in [-0.2, -0.15) is 0 Å². The van der Waals surface area contributed by atoms with Gasteiger partial charge in [0.2, 0.25) is 0 Å². The number of nitrogens with zero attached hydrogens (tertiary/aromatic N) is 1. The van der Waals surface area contributed by atoms with Gasteiger partial charge in [0, 0.05) is 19.6 Å². The van der Waals surface area contributed by atoms with E-state index in [-0.39, 0.29) is 18.2 Å². The zero-order valence-electron chi connectivity index (χ0n) is 12.3. The molecule has 19 heavy (non-hydrogen) atoms. The Morgan fingerprint density at radius 1 is 1.21 bits per heavy atom. The molecule has 2 aliphatic rings. The molecule has 0 aromatic carbocycles. The fourth-order valence-corrected chi connectivity index (χ4v) is 3.05. The smallest absolute Gasteiger partial charge is 0.317 e. The summed E-state index contributed by atoms with van der Waals surface area (Å²) in [6.45, 7) is 2.56. The normalized spacial score (nSPS) is 23.7. The molecular weight excluding hydrogens is 240 g/mol. The number of hydrogen-bond acceptors (Lipinski definition) is 2. The van der Waals surface area contributed by atoms with Gasteiger partial charge in [0.25, 0.3) is 0 Å². The average molecular weight is 268 g/mol. The van der Waals surface area contributed by atoms with Crippen LogP contribution >= 0.6 is 0 Å². The van der Waals surface area contributed by atoms with Gasteiger partial charge in [-0.25, -0.2) is 4.79 Å². The lowest BCUT2D eigenvalue weighted by atomic mass is 9.84. The van der Waals surface area contributed by atoms with Crippen molar-refractivity contribution in [3.05, 3.63) is 0 Å². The molecule has 2 rings (SSSR count). The number of nitrogens with one attached hydrogen (secondary N) is 1. The molecule has 0 spiro atoms. The highest BCUT2D eigenvalue weighted by molar-refractivity contribution is 5.74. The van der Waals surface area contributed by atoms with E-state index in [0.717, 1.165) is 12.8 Å². The average Bonchev–Trinajstić information content (AvgIpc) is 3.23. The summed E-state index contributed by atoms with van der Waals surface area (Å²) in [4.78, 5) is 13.7.